The first-order valence-corrected chi connectivity index (χ1v) is 3.94. The fourth-order valence-corrected chi connectivity index (χ4v) is 0.486. The van der Waals surface area contributed by atoms with Crippen molar-refractivity contribution < 1.29 is 28.7 Å². The van der Waals surface area contributed by atoms with E-state index in [0.717, 1.165) is 12.2 Å². The van der Waals surface area contributed by atoms with Gasteiger partial charge in [0.1, 0.15) is 0 Å². The molecule has 0 N–H and O–H groups in total. The second kappa shape index (κ2) is 12.9. The van der Waals surface area contributed by atoms with E-state index in [1.54, 1.807) is 0 Å². The van der Waals surface area contributed by atoms with Crippen LogP contribution in [0.1, 0.15) is 0 Å². The monoisotopic (exact) mass is 272 g/mol. The van der Waals surface area contributed by atoms with Crippen LogP contribution in [-0.2, 0) is 28.7 Å². The van der Waals surface area contributed by atoms with Gasteiger partial charge >= 0.3 is 83.0 Å². The third kappa shape index (κ3) is 12.0. The molecule has 8 heteroatoms. The van der Waals surface area contributed by atoms with Crippen LogP contribution in [0.3, 0.4) is 0 Å². The number of hydrogen-bond donors (Lipinski definition) is 0. The Hall–Kier alpha value is -0.500. The van der Waals surface area contributed by atoms with Crippen LogP contribution in [0.4, 0.5) is 0 Å². The van der Waals surface area contributed by atoms with Gasteiger partial charge in [-0.1, -0.05) is 13.2 Å². The van der Waals surface area contributed by atoms with E-state index < -0.39 is 23.9 Å². The maximum atomic E-state index is 10.8. The normalized spacial score (nSPS) is 8.22. The van der Waals surface area contributed by atoms with Gasteiger partial charge in [-0.3, -0.25) is 0 Å². The van der Waals surface area contributed by atoms with Gasteiger partial charge in [-0.2, -0.15) is 0 Å². The number of carbonyl (C=O) groups excluding carboxylic acids is 4. The van der Waals surface area contributed by atoms with Crippen LogP contribution < -0.4 is 0 Å². The van der Waals surface area contributed by atoms with Crippen LogP contribution in [0.15, 0.2) is 37.5 Å². The second-order valence-corrected chi connectivity index (χ2v) is 2.22. The van der Waals surface area contributed by atoms with Crippen molar-refractivity contribution in [1.29, 1.82) is 0 Å². The van der Waals surface area contributed by atoms with E-state index in [1.807, 2.05) is 0 Å². The van der Waals surface area contributed by atoms with Gasteiger partial charge in [0.05, 0.1) is 0 Å². The first-order valence-electron chi connectivity index (χ1n) is 3.94. The number of ether oxygens (including phenoxy) is 2. The molecule has 0 amide bonds. The average molecular weight is 272 g/mol. The Kier molecular flexibility index (Phi) is 16.3. The molecule has 0 heterocycles. The molecule has 0 aliphatic heterocycles. The summed E-state index contributed by atoms with van der Waals surface area (Å²) in [5.74, 6) is -4.06. The zero-order valence-corrected chi connectivity index (χ0v) is 8.17. The Morgan fingerprint density at radius 1 is 0.667 bits per heavy atom. The summed E-state index contributed by atoms with van der Waals surface area (Å²) in [5.41, 5.74) is 0. The third-order valence-electron chi connectivity index (χ3n) is 1.09. The van der Waals surface area contributed by atoms with E-state index in [2.05, 4.69) is 22.6 Å². The van der Waals surface area contributed by atoms with Gasteiger partial charge in [0.2, 0.25) is 0 Å². The first kappa shape index (κ1) is 22.7. The van der Waals surface area contributed by atoms with Gasteiger partial charge in [-0.05, 0) is 0 Å². The van der Waals surface area contributed by atoms with Crippen molar-refractivity contribution in [2.24, 2.45) is 0 Å². The Labute approximate surface area is 148 Å². The zero-order valence-electron chi connectivity index (χ0n) is 8.17. The van der Waals surface area contributed by atoms with Crippen molar-refractivity contribution in [2.75, 3.05) is 0 Å². The number of rotatable bonds is 4. The summed E-state index contributed by atoms with van der Waals surface area (Å²) in [6, 6.07) is 0. The van der Waals surface area contributed by atoms with Gasteiger partial charge in [-0.25, -0.2) is 19.2 Å². The summed E-state index contributed by atoms with van der Waals surface area (Å²) in [4.78, 5) is 42.6. The van der Waals surface area contributed by atoms with Crippen molar-refractivity contribution in [2.45, 2.75) is 0 Å². The molecule has 0 rings (SSSR count). The fourth-order valence-electron chi connectivity index (χ4n) is 0.486. The van der Waals surface area contributed by atoms with Crippen LogP contribution >= 0.6 is 0 Å². The summed E-state index contributed by atoms with van der Waals surface area (Å²) >= 11 is 0. The molecule has 0 saturated heterocycles. The molecule has 18 heavy (non-hydrogen) atoms. The molecule has 0 fully saturated rings. The zero-order chi connectivity index (χ0) is 12.6. The maximum absolute atomic E-state index is 10.8. The molecular weight excluding hydrogens is 262 g/mol. The molecular formula is C10H10Na2O6. The molecule has 0 spiro atoms. The van der Waals surface area contributed by atoms with Crippen molar-refractivity contribution >= 4 is 83.0 Å². The summed E-state index contributed by atoms with van der Waals surface area (Å²) in [7, 11) is 0. The van der Waals surface area contributed by atoms with Gasteiger partial charge < -0.3 is 9.47 Å². The van der Waals surface area contributed by atoms with Crippen molar-refractivity contribution in [1.82, 2.24) is 0 Å². The summed E-state index contributed by atoms with van der Waals surface area (Å²) < 4.78 is 8.17. The Morgan fingerprint density at radius 3 is 1.17 bits per heavy atom. The Morgan fingerprint density at radius 2 is 0.944 bits per heavy atom. The first-order chi connectivity index (χ1) is 7.49. The molecule has 0 bridgehead atoms. The number of esters is 4. The molecule has 0 atom stereocenters. The van der Waals surface area contributed by atoms with Crippen molar-refractivity contribution in [3.05, 3.63) is 37.5 Å². The van der Waals surface area contributed by atoms with E-state index >= 15 is 0 Å². The predicted molar refractivity (Wildman–Crippen MR) is 66.0 cm³/mol. The molecule has 0 radical (unpaired) electrons. The summed E-state index contributed by atoms with van der Waals surface area (Å²) in [6.07, 6.45) is 2.84. The summed E-state index contributed by atoms with van der Waals surface area (Å²) in [6.45, 7) is 6.12. The molecule has 0 aromatic carbocycles. The quantitative estimate of drug-likeness (QED) is 0.275. The fraction of sp³-hybridized carbons (Fsp3) is 0. The molecule has 0 saturated carbocycles. The molecule has 0 aromatic rings. The molecule has 0 unspecified atom stereocenters. The van der Waals surface area contributed by atoms with E-state index in [0.29, 0.717) is 12.2 Å². The second-order valence-electron chi connectivity index (χ2n) is 2.22. The Bertz CT molecular complexity index is 350. The number of hydrogen-bond acceptors (Lipinski definition) is 6. The van der Waals surface area contributed by atoms with E-state index in [-0.39, 0.29) is 59.1 Å². The minimum atomic E-state index is -1.08. The van der Waals surface area contributed by atoms with Gasteiger partial charge in [0.25, 0.3) is 0 Å². The van der Waals surface area contributed by atoms with E-state index in [1.165, 1.54) is 0 Å². The van der Waals surface area contributed by atoms with Crippen molar-refractivity contribution in [3.63, 3.8) is 0 Å². The minimum absolute atomic E-state index is 0. The standard InChI is InChI=1S/C10H8O6.2Na.2H/c1-3-7(11)15-9(13)5-6-10(14)16-8(12)4-2;;;;/h3-6H,1-2H2;;;;/b6-5-;;;;. The number of carbonyl (C=O) groups is 4. The van der Waals surface area contributed by atoms with Crippen LogP contribution in [0.25, 0.3) is 0 Å². The molecule has 0 aliphatic rings. The van der Waals surface area contributed by atoms with E-state index in [9.17, 15) is 19.2 Å². The van der Waals surface area contributed by atoms with Crippen molar-refractivity contribution in [3.8, 4) is 0 Å². The molecule has 88 valence electrons. The Balaban J connectivity index is -0.00000112. The third-order valence-corrected chi connectivity index (χ3v) is 1.09. The molecule has 0 aliphatic carbocycles. The van der Waals surface area contributed by atoms with Gasteiger partial charge in [0, 0.05) is 24.3 Å². The predicted octanol–water partition coefficient (Wildman–Crippen LogP) is -1.24. The molecule has 0 aromatic heterocycles. The van der Waals surface area contributed by atoms with Gasteiger partial charge in [0.15, 0.2) is 0 Å². The van der Waals surface area contributed by atoms with Crippen LogP contribution in [0, 0.1) is 0 Å². The van der Waals surface area contributed by atoms with Crippen LogP contribution in [-0.4, -0.2) is 83.0 Å². The van der Waals surface area contributed by atoms with Crippen LogP contribution in [0.5, 0.6) is 0 Å². The topological polar surface area (TPSA) is 86.7 Å². The SMILES string of the molecule is C=CC(=O)OC(=O)/C=C\C(=O)OC(=O)C=C.[NaH].[NaH]. The van der Waals surface area contributed by atoms with Gasteiger partial charge in [-0.15, -0.1) is 0 Å². The molecule has 6 nitrogen and oxygen atoms in total. The average Bonchev–Trinajstić information content (AvgIpc) is 2.26. The van der Waals surface area contributed by atoms with Crippen LogP contribution in [0.2, 0.25) is 0 Å². The summed E-state index contributed by atoms with van der Waals surface area (Å²) in [5, 5.41) is 0. The van der Waals surface area contributed by atoms with E-state index in [4.69, 9.17) is 0 Å².